The SMILES string of the molecule is O=C(NCCC1CCN(C(=O)OCc2cc(Cl)cc(Cl)c2)CC1)c1c[nH]c(=O)o1.O=C(NCCC1CCNCC1)c1c[nH]c(=O)o1. The minimum Gasteiger partial charge on any atom is -0.445 e. The third kappa shape index (κ3) is 11.4. The molecule has 4 heterocycles. The van der Waals surface area contributed by atoms with E-state index in [4.69, 9.17) is 32.4 Å². The maximum atomic E-state index is 12.3. The van der Waals surface area contributed by atoms with Crippen molar-refractivity contribution < 1.29 is 28.0 Å². The third-order valence-corrected chi connectivity index (χ3v) is 8.22. The molecule has 2 aliphatic rings. The summed E-state index contributed by atoms with van der Waals surface area (Å²) < 4.78 is 14.7. The molecular formula is C30H38Cl2N6O8. The molecule has 1 aromatic carbocycles. The van der Waals surface area contributed by atoms with Crippen LogP contribution in [0.1, 0.15) is 65.2 Å². The van der Waals surface area contributed by atoms with Crippen molar-refractivity contribution >= 4 is 41.1 Å². The lowest BCUT2D eigenvalue weighted by Gasteiger charge is -2.31. The number of nitrogens with one attached hydrogen (secondary N) is 5. The van der Waals surface area contributed by atoms with Gasteiger partial charge >= 0.3 is 17.6 Å². The lowest BCUT2D eigenvalue weighted by molar-refractivity contribution is 0.0811. The molecule has 0 atom stereocenters. The number of amides is 3. The van der Waals surface area contributed by atoms with Gasteiger partial charge in [0.25, 0.3) is 11.8 Å². The number of hydrogen-bond donors (Lipinski definition) is 5. The summed E-state index contributed by atoms with van der Waals surface area (Å²) in [4.78, 5) is 63.5. The van der Waals surface area contributed by atoms with E-state index in [1.54, 1.807) is 23.1 Å². The van der Waals surface area contributed by atoms with E-state index in [0.29, 0.717) is 48.1 Å². The normalized spacial score (nSPS) is 15.5. The number of aromatic nitrogens is 2. The number of rotatable bonds is 10. The first kappa shape index (κ1) is 34.9. The highest BCUT2D eigenvalue weighted by Crippen LogP contribution is 2.22. The Kier molecular flexibility index (Phi) is 13.4. The monoisotopic (exact) mass is 680 g/mol. The topological polar surface area (TPSA) is 192 Å². The van der Waals surface area contributed by atoms with Crippen molar-refractivity contribution in [2.75, 3.05) is 39.3 Å². The molecule has 2 saturated heterocycles. The van der Waals surface area contributed by atoms with Gasteiger partial charge in [0.15, 0.2) is 0 Å². The molecule has 250 valence electrons. The maximum Gasteiger partial charge on any atom is 0.416 e. The van der Waals surface area contributed by atoms with Crippen LogP contribution >= 0.6 is 23.2 Å². The van der Waals surface area contributed by atoms with Crippen LogP contribution in [-0.4, -0.2) is 72.0 Å². The zero-order valence-electron chi connectivity index (χ0n) is 25.2. The van der Waals surface area contributed by atoms with Crippen LogP contribution in [0, 0.1) is 11.8 Å². The lowest BCUT2D eigenvalue weighted by Crippen LogP contribution is -2.39. The third-order valence-electron chi connectivity index (χ3n) is 7.79. The Morgan fingerprint density at radius 2 is 1.30 bits per heavy atom. The summed E-state index contributed by atoms with van der Waals surface area (Å²) in [6.45, 7) is 4.52. The summed E-state index contributed by atoms with van der Waals surface area (Å²) in [5, 5.41) is 9.76. The number of carbonyl (C=O) groups is 3. The molecule has 0 unspecified atom stereocenters. The number of ether oxygens (including phenoxy) is 1. The van der Waals surface area contributed by atoms with Crippen molar-refractivity contribution in [2.45, 2.75) is 45.1 Å². The molecule has 0 saturated carbocycles. The molecule has 16 heteroatoms. The van der Waals surface area contributed by atoms with Crippen LogP contribution in [0.15, 0.2) is 49.0 Å². The van der Waals surface area contributed by atoms with Crippen LogP contribution in [0.5, 0.6) is 0 Å². The van der Waals surface area contributed by atoms with Crippen molar-refractivity contribution in [1.29, 1.82) is 0 Å². The summed E-state index contributed by atoms with van der Waals surface area (Å²) in [5.41, 5.74) is 0.736. The van der Waals surface area contributed by atoms with Gasteiger partial charge in [-0.3, -0.25) is 19.6 Å². The van der Waals surface area contributed by atoms with Gasteiger partial charge in [-0.25, -0.2) is 14.4 Å². The molecule has 5 rings (SSSR count). The number of likely N-dealkylation sites (tertiary alicyclic amines) is 1. The van der Waals surface area contributed by atoms with Crippen LogP contribution in [0.3, 0.4) is 0 Å². The second-order valence-corrected chi connectivity index (χ2v) is 12.0. The summed E-state index contributed by atoms with van der Waals surface area (Å²) in [5.74, 6) is -0.947. The second-order valence-electron chi connectivity index (χ2n) is 11.1. The Morgan fingerprint density at radius 3 is 1.78 bits per heavy atom. The fraction of sp³-hybridized carbons (Fsp3) is 0.500. The molecule has 0 spiro atoms. The van der Waals surface area contributed by atoms with E-state index in [0.717, 1.165) is 57.2 Å². The molecular weight excluding hydrogens is 643 g/mol. The molecule has 0 aliphatic carbocycles. The molecule has 0 radical (unpaired) electrons. The quantitative estimate of drug-likeness (QED) is 0.213. The number of piperidine rings is 2. The van der Waals surface area contributed by atoms with Gasteiger partial charge in [-0.15, -0.1) is 0 Å². The summed E-state index contributed by atoms with van der Waals surface area (Å²) in [6.07, 6.45) is 7.88. The van der Waals surface area contributed by atoms with Gasteiger partial charge < -0.3 is 34.4 Å². The van der Waals surface area contributed by atoms with E-state index in [-0.39, 0.29) is 30.1 Å². The maximum absolute atomic E-state index is 12.3. The Labute approximate surface area is 274 Å². The largest absolute Gasteiger partial charge is 0.445 e. The van der Waals surface area contributed by atoms with Gasteiger partial charge in [-0.1, -0.05) is 23.2 Å². The van der Waals surface area contributed by atoms with Crippen LogP contribution < -0.4 is 27.5 Å². The number of oxazole rings is 2. The summed E-state index contributed by atoms with van der Waals surface area (Å²) in [6, 6.07) is 5.04. The average Bonchev–Trinajstić information content (AvgIpc) is 3.69. The second kappa shape index (κ2) is 17.6. The summed E-state index contributed by atoms with van der Waals surface area (Å²) in [7, 11) is 0. The number of hydrogen-bond acceptors (Lipinski definition) is 9. The molecule has 2 fully saturated rings. The Balaban J connectivity index is 0.000000240. The molecule has 2 aliphatic heterocycles. The lowest BCUT2D eigenvalue weighted by atomic mass is 9.94. The summed E-state index contributed by atoms with van der Waals surface area (Å²) >= 11 is 11.9. The van der Waals surface area contributed by atoms with Crippen LogP contribution in [-0.2, 0) is 11.3 Å². The number of aromatic amines is 2. The van der Waals surface area contributed by atoms with Gasteiger partial charge in [0, 0.05) is 36.2 Å². The standard InChI is InChI=1S/C19H21Cl2N3O5.C11H17N3O3/c20-14-7-13(8-15(21)9-14)11-28-19(27)24-5-2-12(3-6-24)1-4-22-17(25)16-10-23-18(26)29-16;15-10(9-7-14-11(16)17-9)13-6-3-8-1-4-12-5-2-8/h7-10,12H,1-6,11H2,(H,22,25)(H,23,26);7-8,12H,1-6H2,(H,13,15)(H,14,16). The zero-order valence-corrected chi connectivity index (χ0v) is 26.7. The molecule has 5 N–H and O–H groups in total. The van der Waals surface area contributed by atoms with Crippen molar-refractivity contribution in [1.82, 2.24) is 30.8 Å². The van der Waals surface area contributed by atoms with Gasteiger partial charge in [0.1, 0.15) is 6.61 Å². The van der Waals surface area contributed by atoms with Crippen LogP contribution in [0.25, 0.3) is 0 Å². The van der Waals surface area contributed by atoms with E-state index in [1.807, 2.05) is 0 Å². The predicted molar refractivity (Wildman–Crippen MR) is 169 cm³/mol. The number of nitrogens with zero attached hydrogens (tertiary/aromatic N) is 1. The van der Waals surface area contributed by atoms with Gasteiger partial charge in [-0.05, 0) is 87.2 Å². The Bertz CT molecular complexity index is 1530. The van der Waals surface area contributed by atoms with Gasteiger partial charge in [0.2, 0.25) is 11.5 Å². The van der Waals surface area contributed by atoms with Gasteiger partial charge in [0.05, 0.1) is 12.4 Å². The van der Waals surface area contributed by atoms with Crippen LogP contribution in [0.4, 0.5) is 4.79 Å². The Hall–Kier alpha value is -4.01. The van der Waals surface area contributed by atoms with E-state index < -0.39 is 17.4 Å². The molecule has 3 amide bonds. The number of H-pyrrole nitrogens is 2. The molecule has 3 aromatic rings. The van der Waals surface area contributed by atoms with Crippen molar-refractivity contribution in [3.8, 4) is 0 Å². The highest BCUT2D eigenvalue weighted by Gasteiger charge is 2.24. The van der Waals surface area contributed by atoms with Crippen molar-refractivity contribution in [3.63, 3.8) is 0 Å². The zero-order chi connectivity index (χ0) is 32.9. The van der Waals surface area contributed by atoms with E-state index in [2.05, 4.69) is 30.3 Å². The van der Waals surface area contributed by atoms with E-state index >= 15 is 0 Å². The highest BCUT2D eigenvalue weighted by molar-refractivity contribution is 6.34. The fourth-order valence-electron chi connectivity index (χ4n) is 5.25. The first-order valence-electron chi connectivity index (χ1n) is 15.2. The molecule has 14 nitrogen and oxygen atoms in total. The smallest absolute Gasteiger partial charge is 0.416 e. The van der Waals surface area contributed by atoms with Gasteiger partial charge in [-0.2, -0.15) is 0 Å². The molecule has 2 aromatic heterocycles. The fourth-order valence-corrected chi connectivity index (χ4v) is 5.82. The van der Waals surface area contributed by atoms with Crippen molar-refractivity contribution in [2.24, 2.45) is 11.8 Å². The van der Waals surface area contributed by atoms with E-state index in [1.165, 1.54) is 12.4 Å². The van der Waals surface area contributed by atoms with Crippen molar-refractivity contribution in [3.05, 3.63) is 78.8 Å². The first-order valence-corrected chi connectivity index (χ1v) is 15.9. The number of halogens is 2. The number of benzene rings is 1. The average molecular weight is 682 g/mol. The molecule has 46 heavy (non-hydrogen) atoms. The van der Waals surface area contributed by atoms with Crippen LogP contribution in [0.2, 0.25) is 10.0 Å². The first-order chi connectivity index (χ1) is 22.2. The Morgan fingerprint density at radius 1 is 0.804 bits per heavy atom. The highest BCUT2D eigenvalue weighted by atomic mass is 35.5. The minimum atomic E-state index is -0.659. The number of carbonyl (C=O) groups excluding carboxylic acids is 3. The molecule has 0 bridgehead atoms. The minimum absolute atomic E-state index is 0.0337. The van der Waals surface area contributed by atoms with E-state index in [9.17, 15) is 24.0 Å². The predicted octanol–water partition coefficient (Wildman–Crippen LogP) is 3.53.